The molecule has 4 heteroatoms. The fourth-order valence-corrected chi connectivity index (χ4v) is 3.62. The second-order valence-corrected chi connectivity index (χ2v) is 7.25. The normalized spacial score (nSPS) is 13.0. The molecule has 118 valence electrons. The van der Waals surface area contributed by atoms with Crippen molar-refractivity contribution in [2.24, 2.45) is 0 Å². The minimum Gasteiger partial charge on any atom is -0.207 e. The third-order valence-corrected chi connectivity index (χ3v) is 5.16. The highest BCUT2D eigenvalue weighted by atomic mass is 32.2. The van der Waals surface area contributed by atoms with Crippen molar-refractivity contribution in [2.75, 3.05) is 0 Å². The van der Waals surface area contributed by atoms with E-state index in [1.165, 1.54) is 0 Å². The van der Waals surface area contributed by atoms with Crippen LogP contribution in [0.2, 0.25) is 0 Å². The van der Waals surface area contributed by atoms with Crippen molar-refractivity contribution in [1.82, 2.24) is 4.72 Å². The third-order valence-electron chi connectivity index (χ3n) is 3.68. The fourth-order valence-electron chi connectivity index (χ4n) is 2.36. The molecule has 1 unspecified atom stereocenters. The Morgan fingerprint density at radius 3 is 2.23 bits per heavy atom. The Morgan fingerprint density at radius 2 is 1.64 bits per heavy atom. The molecule has 2 rings (SSSR count). The molecule has 0 heterocycles. The van der Waals surface area contributed by atoms with Crippen LogP contribution >= 0.6 is 0 Å². The van der Waals surface area contributed by atoms with Crippen molar-refractivity contribution in [1.29, 1.82) is 0 Å². The number of aryl methyl sites for hydroxylation is 1. The Morgan fingerprint density at radius 1 is 1.00 bits per heavy atom. The lowest BCUT2D eigenvalue weighted by molar-refractivity contribution is 0.525. The molecule has 1 atom stereocenters. The average molecular weight is 317 g/mol. The van der Waals surface area contributed by atoms with Gasteiger partial charge in [-0.15, -0.1) is 0 Å². The Bertz CT molecular complexity index is 679. The smallest absolute Gasteiger partial charge is 0.207 e. The van der Waals surface area contributed by atoms with E-state index in [-0.39, 0.29) is 6.04 Å². The summed E-state index contributed by atoms with van der Waals surface area (Å²) in [6.45, 7) is 4.05. The molecule has 0 aliphatic carbocycles. The lowest BCUT2D eigenvalue weighted by atomic mass is 10.0. The van der Waals surface area contributed by atoms with Gasteiger partial charge < -0.3 is 0 Å². The van der Waals surface area contributed by atoms with E-state index in [2.05, 4.69) is 11.6 Å². The van der Waals surface area contributed by atoms with Gasteiger partial charge in [-0.25, -0.2) is 13.1 Å². The van der Waals surface area contributed by atoms with Crippen molar-refractivity contribution < 1.29 is 8.42 Å². The molecule has 0 saturated carbocycles. The van der Waals surface area contributed by atoms with Crippen LogP contribution in [-0.2, 0) is 10.0 Å². The summed E-state index contributed by atoms with van der Waals surface area (Å²) in [6, 6.07) is 16.5. The van der Waals surface area contributed by atoms with Gasteiger partial charge in [0.25, 0.3) is 0 Å². The van der Waals surface area contributed by atoms with Gasteiger partial charge in [-0.05, 0) is 31.0 Å². The number of hydrogen-bond acceptors (Lipinski definition) is 2. The van der Waals surface area contributed by atoms with Gasteiger partial charge in [-0.1, -0.05) is 67.8 Å². The van der Waals surface area contributed by atoms with Gasteiger partial charge in [-0.2, -0.15) is 0 Å². The van der Waals surface area contributed by atoms with Crippen LogP contribution in [0.3, 0.4) is 0 Å². The van der Waals surface area contributed by atoms with Crippen LogP contribution < -0.4 is 4.72 Å². The molecular formula is C18H23NO2S. The summed E-state index contributed by atoms with van der Waals surface area (Å²) >= 11 is 0. The van der Waals surface area contributed by atoms with Crippen molar-refractivity contribution in [2.45, 2.75) is 44.0 Å². The van der Waals surface area contributed by atoms with E-state index in [0.717, 1.165) is 30.4 Å². The predicted molar refractivity (Wildman–Crippen MR) is 90.2 cm³/mol. The summed E-state index contributed by atoms with van der Waals surface area (Å²) in [6.07, 6.45) is 2.82. The van der Waals surface area contributed by atoms with Crippen molar-refractivity contribution >= 4 is 10.0 Å². The van der Waals surface area contributed by atoms with Gasteiger partial charge in [0, 0.05) is 6.04 Å². The molecule has 0 radical (unpaired) electrons. The van der Waals surface area contributed by atoms with E-state index in [9.17, 15) is 8.42 Å². The van der Waals surface area contributed by atoms with Crippen LogP contribution in [-0.4, -0.2) is 8.42 Å². The van der Waals surface area contributed by atoms with Gasteiger partial charge in [0.05, 0.1) is 4.90 Å². The maximum Gasteiger partial charge on any atom is 0.241 e. The summed E-state index contributed by atoms with van der Waals surface area (Å²) in [5.41, 5.74) is 2.05. The summed E-state index contributed by atoms with van der Waals surface area (Å²) in [4.78, 5) is 0.315. The second kappa shape index (κ2) is 7.56. The Labute approximate surface area is 133 Å². The van der Waals surface area contributed by atoms with Crippen LogP contribution in [0, 0.1) is 6.92 Å². The molecule has 3 nitrogen and oxygen atoms in total. The summed E-state index contributed by atoms with van der Waals surface area (Å²) < 4.78 is 28.0. The highest BCUT2D eigenvalue weighted by Crippen LogP contribution is 2.22. The molecule has 22 heavy (non-hydrogen) atoms. The van der Waals surface area contributed by atoms with Gasteiger partial charge >= 0.3 is 0 Å². The highest BCUT2D eigenvalue weighted by Gasteiger charge is 2.20. The Balaban J connectivity index is 2.24. The van der Waals surface area contributed by atoms with Crippen molar-refractivity contribution in [3.63, 3.8) is 0 Å². The quantitative estimate of drug-likeness (QED) is 0.831. The predicted octanol–water partition coefficient (Wildman–Crippen LogP) is 4.20. The first kappa shape index (κ1) is 16.7. The van der Waals surface area contributed by atoms with Crippen LogP contribution in [0.15, 0.2) is 59.5 Å². The zero-order valence-electron chi connectivity index (χ0n) is 13.1. The maximum absolute atomic E-state index is 12.6. The first-order valence-electron chi connectivity index (χ1n) is 7.67. The molecule has 0 amide bonds. The largest absolute Gasteiger partial charge is 0.241 e. The SMILES string of the molecule is CCCCC(NS(=O)(=O)c1ccc(C)cc1)c1ccccc1. The maximum atomic E-state index is 12.6. The lowest BCUT2D eigenvalue weighted by Gasteiger charge is -2.19. The topological polar surface area (TPSA) is 46.2 Å². The van der Waals surface area contributed by atoms with Crippen LogP contribution in [0.5, 0.6) is 0 Å². The molecule has 0 aromatic heterocycles. The highest BCUT2D eigenvalue weighted by molar-refractivity contribution is 7.89. The molecule has 0 spiro atoms. The van der Waals surface area contributed by atoms with E-state index in [1.54, 1.807) is 12.1 Å². The third kappa shape index (κ3) is 4.42. The summed E-state index contributed by atoms with van der Waals surface area (Å²) in [5, 5.41) is 0. The van der Waals surface area contributed by atoms with Crippen LogP contribution in [0.25, 0.3) is 0 Å². The molecule has 0 fully saturated rings. The van der Waals surface area contributed by atoms with Gasteiger partial charge in [0.2, 0.25) is 10.0 Å². The first-order valence-corrected chi connectivity index (χ1v) is 9.15. The number of benzene rings is 2. The molecule has 0 bridgehead atoms. The van der Waals surface area contributed by atoms with E-state index >= 15 is 0 Å². The summed E-state index contributed by atoms with van der Waals surface area (Å²) in [7, 11) is -3.50. The summed E-state index contributed by atoms with van der Waals surface area (Å²) in [5.74, 6) is 0. The van der Waals surface area contributed by atoms with Gasteiger partial charge in [0.1, 0.15) is 0 Å². The number of nitrogens with one attached hydrogen (secondary N) is 1. The van der Waals surface area contributed by atoms with E-state index in [1.807, 2.05) is 49.4 Å². The number of unbranched alkanes of at least 4 members (excludes halogenated alkanes) is 1. The van der Waals surface area contributed by atoms with Gasteiger partial charge in [0.15, 0.2) is 0 Å². The molecule has 2 aromatic carbocycles. The molecule has 0 saturated heterocycles. The minimum absolute atomic E-state index is 0.188. The van der Waals surface area contributed by atoms with Crippen LogP contribution in [0.1, 0.15) is 43.4 Å². The van der Waals surface area contributed by atoms with Gasteiger partial charge in [-0.3, -0.25) is 0 Å². The number of rotatable bonds is 7. The van der Waals surface area contributed by atoms with E-state index < -0.39 is 10.0 Å². The van der Waals surface area contributed by atoms with Crippen LogP contribution in [0.4, 0.5) is 0 Å². The number of hydrogen-bond donors (Lipinski definition) is 1. The fraction of sp³-hybridized carbons (Fsp3) is 0.333. The standard InChI is InChI=1S/C18H23NO2S/c1-3-4-10-18(16-8-6-5-7-9-16)19-22(20,21)17-13-11-15(2)12-14-17/h5-9,11-14,18-19H,3-4,10H2,1-2H3. The van der Waals surface area contributed by atoms with Crippen molar-refractivity contribution in [3.05, 3.63) is 65.7 Å². The van der Waals surface area contributed by atoms with Crippen molar-refractivity contribution in [3.8, 4) is 0 Å². The average Bonchev–Trinajstić information content (AvgIpc) is 2.52. The van der Waals surface area contributed by atoms with E-state index in [0.29, 0.717) is 4.90 Å². The molecule has 0 aliphatic rings. The Hall–Kier alpha value is -1.65. The second-order valence-electron chi connectivity index (χ2n) is 5.54. The minimum atomic E-state index is -3.50. The molecule has 1 N–H and O–H groups in total. The zero-order valence-corrected chi connectivity index (χ0v) is 13.9. The van der Waals surface area contributed by atoms with E-state index in [4.69, 9.17) is 0 Å². The first-order chi connectivity index (χ1) is 10.5. The lowest BCUT2D eigenvalue weighted by Crippen LogP contribution is -2.28. The molecule has 2 aromatic rings. The monoisotopic (exact) mass is 317 g/mol. The Kier molecular flexibility index (Phi) is 5.75. The number of sulfonamides is 1. The molecule has 0 aliphatic heterocycles. The zero-order chi connectivity index (χ0) is 16.0. The molecular weight excluding hydrogens is 294 g/mol.